The van der Waals surface area contributed by atoms with E-state index < -0.39 is 24.1 Å². The number of anilines is 1. The van der Waals surface area contributed by atoms with Crippen molar-refractivity contribution in [3.05, 3.63) is 59.7 Å². The smallest absolute Gasteiger partial charge is 0.262 e. The summed E-state index contributed by atoms with van der Waals surface area (Å²) in [7, 11) is 0. The molecule has 26 heavy (non-hydrogen) atoms. The Morgan fingerprint density at radius 1 is 1.04 bits per heavy atom. The normalized spacial score (nSPS) is 10.5. The molecule has 0 aliphatic heterocycles. The molecule has 2 amide bonds. The number of ether oxygens (including phenoxy) is 1. The molecule has 138 valence electrons. The van der Waals surface area contributed by atoms with Gasteiger partial charge in [0.1, 0.15) is 5.82 Å². The summed E-state index contributed by atoms with van der Waals surface area (Å²) >= 11 is 0. The minimum Gasteiger partial charge on any atom is -0.481 e. The van der Waals surface area contributed by atoms with Crippen LogP contribution < -0.4 is 15.4 Å². The Morgan fingerprint density at radius 3 is 2.35 bits per heavy atom. The van der Waals surface area contributed by atoms with Crippen LogP contribution in [0.25, 0.3) is 0 Å². The lowest BCUT2D eigenvalue weighted by molar-refractivity contribution is -0.121. The maximum atomic E-state index is 13.4. The Bertz CT molecular complexity index is 777. The van der Waals surface area contributed by atoms with Gasteiger partial charge in [0.05, 0.1) is 6.42 Å². The fraction of sp³-hybridized carbons (Fsp3) is 0.263. The molecule has 0 saturated heterocycles. The number of amides is 2. The first-order chi connectivity index (χ1) is 12.3. The van der Waals surface area contributed by atoms with Gasteiger partial charge < -0.3 is 15.4 Å². The van der Waals surface area contributed by atoms with E-state index in [4.69, 9.17) is 4.74 Å². The van der Waals surface area contributed by atoms with Crippen molar-refractivity contribution in [3.63, 3.8) is 0 Å². The van der Waals surface area contributed by atoms with E-state index in [9.17, 15) is 18.4 Å². The molecule has 0 saturated carbocycles. The SMILES string of the molecule is CC(C)NC(=O)Cc1ccc(NC(=O)COc2ccc(F)cc2F)cc1. The molecule has 0 aliphatic rings. The third kappa shape index (κ3) is 6.16. The van der Waals surface area contributed by atoms with Crippen molar-refractivity contribution in [2.75, 3.05) is 11.9 Å². The van der Waals surface area contributed by atoms with E-state index >= 15 is 0 Å². The van der Waals surface area contributed by atoms with E-state index in [-0.39, 0.29) is 24.1 Å². The van der Waals surface area contributed by atoms with Crippen LogP contribution >= 0.6 is 0 Å². The average molecular weight is 362 g/mol. The summed E-state index contributed by atoms with van der Waals surface area (Å²) in [6, 6.07) is 9.71. The highest BCUT2D eigenvalue weighted by Crippen LogP contribution is 2.17. The molecule has 0 bridgehead atoms. The van der Waals surface area contributed by atoms with Gasteiger partial charge in [-0.15, -0.1) is 0 Å². The van der Waals surface area contributed by atoms with E-state index in [1.54, 1.807) is 24.3 Å². The maximum absolute atomic E-state index is 13.4. The molecule has 2 N–H and O–H groups in total. The van der Waals surface area contributed by atoms with E-state index in [1.807, 2.05) is 13.8 Å². The Labute approximate surface area is 150 Å². The van der Waals surface area contributed by atoms with Gasteiger partial charge in [-0.2, -0.15) is 0 Å². The topological polar surface area (TPSA) is 67.4 Å². The number of carbonyl (C=O) groups is 2. The molecule has 5 nitrogen and oxygen atoms in total. The number of halogens is 2. The molecular formula is C19H20F2N2O3. The fourth-order valence-corrected chi connectivity index (χ4v) is 2.20. The summed E-state index contributed by atoms with van der Waals surface area (Å²) in [5.74, 6) is -2.36. The maximum Gasteiger partial charge on any atom is 0.262 e. The molecule has 0 spiro atoms. The molecule has 0 fully saturated rings. The molecule has 7 heteroatoms. The third-order valence-electron chi connectivity index (χ3n) is 3.30. The van der Waals surface area contributed by atoms with Crippen LogP contribution in [0.3, 0.4) is 0 Å². The third-order valence-corrected chi connectivity index (χ3v) is 3.30. The Balaban J connectivity index is 1.84. The van der Waals surface area contributed by atoms with Gasteiger partial charge >= 0.3 is 0 Å². The lowest BCUT2D eigenvalue weighted by Crippen LogP contribution is -2.31. The molecule has 0 heterocycles. The number of rotatable bonds is 7. The van der Waals surface area contributed by atoms with Crippen LogP contribution in [-0.2, 0) is 16.0 Å². The summed E-state index contributed by atoms with van der Waals surface area (Å²) in [5.41, 5.74) is 1.33. The van der Waals surface area contributed by atoms with Crippen LogP contribution in [0.1, 0.15) is 19.4 Å². The van der Waals surface area contributed by atoms with Crippen LogP contribution in [-0.4, -0.2) is 24.5 Å². The number of carbonyl (C=O) groups excluding carboxylic acids is 2. The van der Waals surface area contributed by atoms with Crippen molar-refractivity contribution >= 4 is 17.5 Å². The highest BCUT2D eigenvalue weighted by Gasteiger charge is 2.09. The number of hydrogen-bond donors (Lipinski definition) is 2. The minimum absolute atomic E-state index is 0.0759. The lowest BCUT2D eigenvalue weighted by atomic mass is 10.1. The summed E-state index contributed by atoms with van der Waals surface area (Å²) in [5, 5.41) is 5.39. The van der Waals surface area contributed by atoms with Gasteiger partial charge in [0.25, 0.3) is 5.91 Å². The zero-order chi connectivity index (χ0) is 19.1. The van der Waals surface area contributed by atoms with Crippen LogP contribution in [0.15, 0.2) is 42.5 Å². The first kappa shape index (κ1) is 19.4. The van der Waals surface area contributed by atoms with Crippen LogP contribution in [0, 0.1) is 11.6 Å². The highest BCUT2D eigenvalue weighted by molar-refractivity contribution is 5.92. The Morgan fingerprint density at radius 2 is 1.73 bits per heavy atom. The van der Waals surface area contributed by atoms with E-state index in [2.05, 4.69) is 10.6 Å². The minimum atomic E-state index is -0.873. The molecular weight excluding hydrogens is 342 g/mol. The van der Waals surface area contributed by atoms with Gasteiger partial charge in [-0.1, -0.05) is 12.1 Å². The number of nitrogens with one attached hydrogen (secondary N) is 2. The first-order valence-corrected chi connectivity index (χ1v) is 8.09. The van der Waals surface area contributed by atoms with E-state index in [0.717, 1.165) is 17.7 Å². The summed E-state index contributed by atoms with van der Waals surface area (Å²) in [4.78, 5) is 23.6. The van der Waals surface area contributed by atoms with Gasteiger partial charge in [-0.3, -0.25) is 9.59 Å². The predicted octanol–water partition coefficient (Wildman–Crippen LogP) is 3.05. The molecule has 2 aromatic carbocycles. The number of benzene rings is 2. The van der Waals surface area contributed by atoms with Crippen LogP contribution in [0.5, 0.6) is 5.75 Å². The first-order valence-electron chi connectivity index (χ1n) is 8.09. The quantitative estimate of drug-likeness (QED) is 0.796. The van der Waals surface area contributed by atoms with Gasteiger partial charge in [0.15, 0.2) is 18.2 Å². The van der Waals surface area contributed by atoms with Crippen molar-refractivity contribution < 1.29 is 23.1 Å². The Kier molecular flexibility index (Phi) is 6.66. The summed E-state index contributed by atoms with van der Waals surface area (Å²) < 4.78 is 31.3. The number of hydrogen-bond acceptors (Lipinski definition) is 3. The molecule has 0 aliphatic carbocycles. The van der Waals surface area contributed by atoms with E-state index in [0.29, 0.717) is 11.8 Å². The van der Waals surface area contributed by atoms with E-state index in [1.165, 1.54) is 0 Å². The van der Waals surface area contributed by atoms with Crippen molar-refractivity contribution in [2.45, 2.75) is 26.3 Å². The van der Waals surface area contributed by atoms with Gasteiger partial charge in [0.2, 0.25) is 5.91 Å². The second kappa shape index (κ2) is 8.94. The van der Waals surface area contributed by atoms with Gasteiger partial charge in [0, 0.05) is 17.8 Å². The summed E-state index contributed by atoms with van der Waals surface area (Å²) in [6.07, 6.45) is 0.249. The molecule has 0 atom stereocenters. The van der Waals surface area contributed by atoms with Crippen molar-refractivity contribution in [2.24, 2.45) is 0 Å². The predicted molar refractivity (Wildman–Crippen MR) is 93.9 cm³/mol. The second-order valence-corrected chi connectivity index (χ2v) is 6.01. The van der Waals surface area contributed by atoms with Crippen molar-refractivity contribution in [1.29, 1.82) is 0 Å². The lowest BCUT2D eigenvalue weighted by Gasteiger charge is -2.10. The van der Waals surface area contributed by atoms with Crippen molar-refractivity contribution in [3.8, 4) is 5.75 Å². The molecule has 2 aromatic rings. The molecule has 0 unspecified atom stereocenters. The molecule has 2 rings (SSSR count). The van der Waals surface area contributed by atoms with Crippen LogP contribution in [0.2, 0.25) is 0 Å². The zero-order valence-corrected chi connectivity index (χ0v) is 14.5. The standard InChI is InChI=1S/C19H20F2N2O3/c1-12(2)22-18(24)9-13-3-6-15(7-4-13)23-19(25)11-26-17-8-5-14(20)10-16(17)21/h3-8,10,12H,9,11H2,1-2H3,(H,22,24)(H,23,25). The molecule has 0 radical (unpaired) electrons. The van der Waals surface area contributed by atoms with Crippen LogP contribution in [0.4, 0.5) is 14.5 Å². The fourth-order valence-electron chi connectivity index (χ4n) is 2.20. The zero-order valence-electron chi connectivity index (χ0n) is 14.5. The average Bonchev–Trinajstić information content (AvgIpc) is 2.55. The summed E-state index contributed by atoms with van der Waals surface area (Å²) in [6.45, 7) is 3.36. The monoisotopic (exact) mass is 362 g/mol. The largest absolute Gasteiger partial charge is 0.481 e. The second-order valence-electron chi connectivity index (χ2n) is 6.01. The van der Waals surface area contributed by atoms with Crippen molar-refractivity contribution in [1.82, 2.24) is 5.32 Å². The van der Waals surface area contributed by atoms with Gasteiger partial charge in [-0.25, -0.2) is 8.78 Å². The molecule has 0 aromatic heterocycles. The highest BCUT2D eigenvalue weighted by atomic mass is 19.1. The van der Waals surface area contributed by atoms with Gasteiger partial charge in [-0.05, 0) is 43.7 Å². The Hall–Kier alpha value is -2.96.